The summed E-state index contributed by atoms with van der Waals surface area (Å²) in [7, 11) is 0. The molecule has 0 N–H and O–H groups in total. The van der Waals surface area contributed by atoms with Gasteiger partial charge in [-0.3, -0.25) is 0 Å². The van der Waals surface area contributed by atoms with Crippen molar-refractivity contribution >= 4 is 6.09 Å². The van der Waals surface area contributed by atoms with Crippen molar-refractivity contribution < 1.29 is 74.5 Å². The van der Waals surface area contributed by atoms with E-state index in [-0.39, 0.29) is 76.0 Å². The molecule has 1 aromatic heterocycles. The number of amides is 1. The van der Waals surface area contributed by atoms with Crippen LogP contribution in [0.25, 0.3) is 0 Å². The van der Waals surface area contributed by atoms with Crippen molar-refractivity contribution in [3.63, 3.8) is 0 Å². The second-order valence-electron chi connectivity index (χ2n) is 4.36. The van der Waals surface area contributed by atoms with E-state index in [9.17, 15) is 23.1 Å². The van der Waals surface area contributed by atoms with Gasteiger partial charge in [-0.1, -0.05) is 0 Å². The fourth-order valence-electron chi connectivity index (χ4n) is 2.26. The van der Waals surface area contributed by atoms with Crippen molar-refractivity contribution in [3.05, 3.63) is 23.5 Å². The molecule has 20 heavy (non-hydrogen) atoms. The van der Waals surface area contributed by atoms with Gasteiger partial charge in [-0.2, -0.15) is 18.3 Å². The second kappa shape index (κ2) is 7.17. The molecule has 104 valence electrons. The zero-order valence-electron chi connectivity index (χ0n) is 10.9. The summed E-state index contributed by atoms with van der Waals surface area (Å²) in [5.74, 6) is -0.359. The molecule has 0 bridgehead atoms. The minimum atomic E-state index is -4.55. The summed E-state index contributed by atoms with van der Waals surface area (Å²) in [4.78, 5) is 11.7. The molecule has 0 atom stereocenters. The Bertz CT molecular complexity index is 476. The average Bonchev–Trinajstić information content (AvgIpc) is 2.38. The van der Waals surface area contributed by atoms with E-state index in [1.54, 1.807) is 0 Å². The number of likely N-dealkylation sites (tertiary alicyclic amines) is 1. The molecule has 2 rings (SSSR count). The van der Waals surface area contributed by atoms with Crippen LogP contribution in [0.4, 0.5) is 18.0 Å². The van der Waals surface area contributed by atoms with Gasteiger partial charge in [0, 0.05) is 19.3 Å². The van der Waals surface area contributed by atoms with Crippen LogP contribution in [0.15, 0.2) is 12.3 Å². The maximum absolute atomic E-state index is 12.8. The molecule has 0 unspecified atom stereocenters. The Morgan fingerprint density at radius 1 is 1.35 bits per heavy atom. The van der Waals surface area contributed by atoms with Crippen molar-refractivity contribution in [1.29, 1.82) is 0 Å². The third-order valence-electron chi connectivity index (χ3n) is 3.21. The Morgan fingerprint density at radius 3 is 2.45 bits per heavy atom. The fourth-order valence-corrected chi connectivity index (χ4v) is 2.26. The molecular formula is C11H11F3KN3O2. The van der Waals surface area contributed by atoms with Crippen LogP contribution in [0.1, 0.15) is 30.0 Å². The molecule has 1 amide bonds. The van der Waals surface area contributed by atoms with Gasteiger partial charge in [-0.15, -0.1) is 5.10 Å². The topological polar surface area (TPSA) is 69.2 Å². The molecule has 9 heteroatoms. The predicted octanol–water partition coefficient (Wildman–Crippen LogP) is -1.98. The molecule has 1 aromatic rings. The van der Waals surface area contributed by atoms with Gasteiger partial charge >= 0.3 is 57.6 Å². The van der Waals surface area contributed by atoms with Crippen LogP contribution in [0.2, 0.25) is 0 Å². The van der Waals surface area contributed by atoms with Crippen LogP contribution in [-0.4, -0.2) is 34.3 Å². The standard InChI is InChI=1S/C11H12F3N3O2.K/c12-11(13,14)9-8(1-4-15-16-9)7-2-5-17(6-3-7)10(18)19;/h1,4,7H,2-3,5-6H2,(H,18,19);/q;+1/p-1. The number of hydrogen-bond donors (Lipinski definition) is 0. The number of alkyl halides is 3. The normalized spacial score (nSPS) is 16.6. The van der Waals surface area contributed by atoms with Crippen molar-refractivity contribution in [2.75, 3.05) is 13.1 Å². The average molecular weight is 313 g/mol. The van der Waals surface area contributed by atoms with Gasteiger partial charge in [0.15, 0.2) is 5.69 Å². The summed E-state index contributed by atoms with van der Waals surface area (Å²) >= 11 is 0. The Balaban J connectivity index is 0.00000200. The monoisotopic (exact) mass is 313 g/mol. The molecule has 0 aromatic carbocycles. The van der Waals surface area contributed by atoms with E-state index in [0.29, 0.717) is 12.8 Å². The van der Waals surface area contributed by atoms with Gasteiger partial charge in [0.1, 0.15) is 6.09 Å². The molecule has 0 spiro atoms. The van der Waals surface area contributed by atoms with Crippen molar-refractivity contribution in [1.82, 2.24) is 15.1 Å². The Morgan fingerprint density at radius 2 is 1.95 bits per heavy atom. The van der Waals surface area contributed by atoms with E-state index in [1.165, 1.54) is 12.3 Å². The smallest absolute Gasteiger partial charge is 0.530 e. The fraction of sp³-hybridized carbons (Fsp3) is 0.545. The summed E-state index contributed by atoms with van der Waals surface area (Å²) < 4.78 is 38.4. The Hall–Kier alpha value is -0.224. The largest absolute Gasteiger partial charge is 1.00 e. The summed E-state index contributed by atoms with van der Waals surface area (Å²) in [6.45, 7) is 0.346. The van der Waals surface area contributed by atoms with Crippen LogP contribution in [0.5, 0.6) is 0 Å². The van der Waals surface area contributed by atoms with E-state index in [1.807, 2.05) is 0 Å². The Kier molecular flexibility index (Phi) is 6.39. The molecule has 1 saturated heterocycles. The first-order valence-corrected chi connectivity index (χ1v) is 5.74. The van der Waals surface area contributed by atoms with Gasteiger partial charge in [0.2, 0.25) is 0 Å². The minimum absolute atomic E-state index is 0. The molecule has 0 saturated carbocycles. The first-order chi connectivity index (χ1) is 8.89. The van der Waals surface area contributed by atoms with Gasteiger partial charge in [0.05, 0.1) is 0 Å². The number of carbonyl (C=O) groups is 1. The number of carbonyl (C=O) groups excluding carboxylic acids is 1. The van der Waals surface area contributed by atoms with Crippen LogP contribution >= 0.6 is 0 Å². The maximum atomic E-state index is 12.8. The third kappa shape index (κ3) is 4.14. The second-order valence-corrected chi connectivity index (χ2v) is 4.36. The van der Waals surface area contributed by atoms with E-state index in [4.69, 9.17) is 0 Å². The molecule has 5 nitrogen and oxygen atoms in total. The summed E-state index contributed by atoms with van der Waals surface area (Å²) in [6.07, 6.45) is -3.97. The number of rotatable bonds is 1. The van der Waals surface area contributed by atoms with Crippen LogP contribution < -0.4 is 56.5 Å². The number of piperidine rings is 1. The van der Waals surface area contributed by atoms with E-state index in [2.05, 4.69) is 10.2 Å². The predicted molar refractivity (Wildman–Crippen MR) is 56.0 cm³/mol. The maximum Gasteiger partial charge on any atom is 1.00 e. The van der Waals surface area contributed by atoms with Crippen LogP contribution in [-0.2, 0) is 6.18 Å². The molecule has 1 aliphatic heterocycles. The molecule has 0 radical (unpaired) electrons. The minimum Gasteiger partial charge on any atom is -0.530 e. The summed E-state index contributed by atoms with van der Waals surface area (Å²) in [5, 5.41) is 17.1. The van der Waals surface area contributed by atoms with Crippen molar-refractivity contribution in [2.45, 2.75) is 24.9 Å². The number of carboxylic acid groups (broad SMARTS) is 1. The number of aromatic nitrogens is 2. The first-order valence-electron chi connectivity index (χ1n) is 5.74. The molecule has 2 heterocycles. The van der Waals surface area contributed by atoms with E-state index in [0.717, 1.165) is 4.90 Å². The molecule has 1 aliphatic rings. The van der Waals surface area contributed by atoms with E-state index < -0.39 is 18.0 Å². The summed E-state index contributed by atoms with van der Waals surface area (Å²) in [6, 6.07) is 1.30. The summed E-state index contributed by atoms with van der Waals surface area (Å²) in [5.41, 5.74) is -0.901. The van der Waals surface area contributed by atoms with Gasteiger partial charge in [-0.05, 0) is 30.4 Å². The van der Waals surface area contributed by atoms with Gasteiger partial charge in [-0.25, -0.2) is 0 Å². The van der Waals surface area contributed by atoms with Gasteiger partial charge < -0.3 is 14.8 Å². The van der Waals surface area contributed by atoms with E-state index >= 15 is 0 Å². The van der Waals surface area contributed by atoms with Gasteiger partial charge in [0.25, 0.3) is 0 Å². The number of nitrogens with zero attached hydrogens (tertiary/aromatic N) is 3. The number of hydrogen-bond acceptors (Lipinski definition) is 4. The third-order valence-corrected chi connectivity index (χ3v) is 3.21. The zero-order chi connectivity index (χ0) is 14.0. The molecule has 0 aliphatic carbocycles. The number of halogens is 3. The Labute approximate surface area is 156 Å². The van der Waals surface area contributed by atoms with Crippen LogP contribution in [0.3, 0.4) is 0 Å². The molecule has 1 fully saturated rings. The quantitative estimate of drug-likeness (QED) is 0.564. The zero-order valence-corrected chi connectivity index (χ0v) is 14.0. The molecular weight excluding hydrogens is 302 g/mol. The SMILES string of the molecule is O=C([O-])N1CCC(c2ccnnc2C(F)(F)F)CC1.[K+]. The van der Waals surface area contributed by atoms with Crippen LogP contribution in [0, 0.1) is 0 Å². The van der Waals surface area contributed by atoms with Crippen molar-refractivity contribution in [2.24, 2.45) is 0 Å². The van der Waals surface area contributed by atoms with Crippen molar-refractivity contribution in [3.8, 4) is 0 Å². The first kappa shape index (κ1) is 17.8.